The predicted molar refractivity (Wildman–Crippen MR) is 116 cm³/mol. The second kappa shape index (κ2) is 5.88. The number of fused-ring (bicyclic) bond motifs is 3. The van der Waals surface area contributed by atoms with Gasteiger partial charge in [-0.2, -0.15) is 0 Å². The van der Waals surface area contributed by atoms with Gasteiger partial charge in [0.25, 0.3) is 5.91 Å². The number of nitrogens with one attached hydrogen (secondary N) is 1. The quantitative estimate of drug-likeness (QED) is 0.411. The van der Waals surface area contributed by atoms with E-state index in [4.69, 9.17) is 4.98 Å². The largest absolute Gasteiger partial charge is 0.298 e. The van der Waals surface area contributed by atoms with E-state index in [9.17, 15) is 4.79 Å². The van der Waals surface area contributed by atoms with Crippen molar-refractivity contribution in [3.8, 4) is 0 Å². The summed E-state index contributed by atoms with van der Waals surface area (Å²) in [5, 5.41) is 8.24. The van der Waals surface area contributed by atoms with Gasteiger partial charge in [-0.15, -0.1) is 0 Å². The van der Waals surface area contributed by atoms with Crippen molar-refractivity contribution in [2.24, 2.45) is 0 Å². The van der Waals surface area contributed by atoms with Crippen LogP contribution in [-0.2, 0) is 12.8 Å². The SMILES string of the molecule is O=C(Nc1nc2c(cc3c4c(cccc42)CC3)s1)c1cccc2ccccc12. The molecule has 1 heterocycles. The molecule has 0 unspecified atom stereocenters. The van der Waals surface area contributed by atoms with Crippen molar-refractivity contribution >= 4 is 54.1 Å². The van der Waals surface area contributed by atoms with Gasteiger partial charge in [0.1, 0.15) is 0 Å². The first-order valence-corrected chi connectivity index (χ1v) is 10.2. The van der Waals surface area contributed by atoms with Gasteiger partial charge in [0.15, 0.2) is 5.13 Å². The molecule has 4 aromatic carbocycles. The molecule has 0 radical (unpaired) electrons. The van der Waals surface area contributed by atoms with Crippen LogP contribution < -0.4 is 5.32 Å². The van der Waals surface area contributed by atoms with Gasteiger partial charge in [0.05, 0.1) is 10.2 Å². The third-order valence-corrected chi connectivity index (χ3v) is 6.52. The van der Waals surface area contributed by atoms with E-state index in [2.05, 4.69) is 29.6 Å². The van der Waals surface area contributed by atoms with Crippen LogP contribution in [0.1, 0.15) is 21.5 Å². The Morgan fingerprint density at radius 2 is 1.68 bits per heavy atom. The minimum absolute atomic E-state index is 0.117. The summed E-state index contributed by atoms with van der Waals surface area (Å²) < 4.78 is 1.13. The molecular formula is C24H16N2OS. The number of hydrogen-bond acceptors (Lipinski definition) is 3. The highest BCUT2D eigenvalue weighted by atomic mass is 32.1. The predicted octanol–water partition coefficient (Wildman–Crippen LogP) is 5.95. The lowest BCUT2D eigenvalue weighted by molar-refractivity contribution is 0.102. The first kappa shape index (κ1) is 15.8. The fraction of sp³-hybridized carbons (Fsp3) is 0.0833. The summed E-state index contributed by atoms with van der Waals surface area (Å²) in [5.41, 5.74) is 4.46. The summed E-state index contributed by atoms with van der Waals surface area (Å²) in [5.74, 6) is -0.117. The first-order chi connectivity index (χ1) is 13.8. The maximum atomic E-state index is 13.0. The van der Waals surface area contributed by atoms with Gasteiger partial charge < -0.3 is 0 Å². The zero-order chi connectivity index (χ0) is 18.7. The lowest BCUT2D eigenvalue weighted by atomic mass is 10.0. The molecule has 134 valence electrons. The average Bonchev–Trinajstić information content (AvgIpc) is 3.33. The molecule has 0 fully saturated rings. The lowest BCUT2D eigenvalue weighted by Gasteiger charge is -2.05. The molecule has 0 spiro atoms. The van der Waals surface area contributed by atoms with E-state index in [-0.39, 0.29) is 5.91 Å². The summed E-state index contributed by atoms with van der Waals surface area (Å²) in [4.78, 5) is 17.7. The summed E-state index contributed by atoms with van der Waals surface area (Å²) in [7, 11) is 0. The highest BCUT2D eigenvalue weighted by Crippen LogP contribution is 2.39. The molecule has 5 aromatic rings. The topological polar surface area (TPSA) is 42.0 Å². The van der Waals surface area contributed by atoms with Crippen LogP contribution in [-0.4, -0.2) is 10.9 Å². The summed E-state index contributed by atoms with van der Waals surface area (Å²) >= 11 is 1.55. The molecule has 0 saturated heterocycles. The van der Waals surface area contributed by atoms with Crippen LogP contribution in [0, 0.1) is 0 Å². The van der Waals surface area contributed by atoms with Crippen molar-refractivity contribution in [2.45, 2.75) is 12.8 Å². The number of thiazole rings is 1. The van der Waals surface area contributed by atoms with Crippen LogP contribution in [0.15, 0.2) is 66.7 Å². The molecule has 28 heavy (non-hydrogen) atoms. The van der Waals surface area contributed by atoms with Gasteiger partial charge in [-0.1, -0.05) is 65.9 Å². The van der Waals surface area contributed by atoms with Crippen LogP contribution in [0.4, 0.5) is 5.13 Å². The smallest absolute Gasteiger partial charge is 0.258 e. The number of carbonyl (C=O) groups excluding carboxylic acids is 1. The lowest BCUT2D eigenvalue weighted by Crippen LogP contribution is -2.12. The Hall–Kier alpha value is -3.24. The molecule has 4 heteroatoms. The normalized spacial score (nSPS) is 12.9. The van der Waals surface area contributed by atoms with Crippen LogP contribution in [0.25, 0.3) is 31.8 Å². The van der Waals surface area contributed by atoms with Crippen molar-refractivity contribution in [3.05, 3.63) is 83.4 Å². The summed E-state index contributed by atoms with van der Waals surface area (Å²) in [6.07, 6.45) is 2.19. The van der Waals surface area contributed by atoms with Gasteiger partial charge in [0, 0.05) is 10.9 Å². The maximum absolute atomic E-state index is 13.0. The number of aromatic nitrogens is 1. The molecule has 6 rings (SSSR count). The van der Waals surface area contributed by atoms with Crippen LogP contribution >= 0.6 is 11.3 Å². The highest BCUT2D eigenvalue weighted by Gasteiger charge is 2.19. The van der Waals surface area contributed by atoms with Gasteiger partial charge in [0.2, 0.25) is 0 Å². The number of hydrogen-bond donors (Lipinski definition) is 1. The van der Waals surface area contributed by atoms with E-state index in [1.165, 1.54) is 21.9 Å². The zero-order valence-corrected chi connectivity index (χ0v) is 15.8. The molecule has 1 aromatic heterocycles. The molecule has 0 saturated carbocycles. The highest BCUT2D eigenvalue weighted by molar-refractivity contribution is 7.22. The molecule has 1 amide bonds. The second-order valence-corrected chi connectivity index (χ2v) is 8.25. The third-order valence-electron chi connectivity index (χ3n) is 5.60. The van der Waals surface area contributed by atoms with E-state index >= 15 is 0 Å². The van der Waals surface area contributed by atoms with E-state index in [0.717, 1.165) is 33.8 Å². The number of carbonyl (C=O) groups is 1. The van der Waals surface area contributed by atoms with Gasteiger partial charge in [-0.25, -0.2) is 4.98 Å². The fourth-order valence-corrected chi connectivity index (χ4v) is 5.29. The Labute approximate surface area is 165 Å². The summed E-state index contributed by atoms with van der Waals surface area (Å²) in [6, 6.07) is 22.5. The van der Waals surface area contributed by atoms with Crippen LogP contribution in [0.5, 0.6) is 0 Å². The molecule has 1 N–H and O–H groups in total. The first-order valence-electron chi connectivity index (χ1n) is 9.41. The minimum atomic E-state index is -0.117. The molecular weight excluding hydrogens is 364 g/mol. The maximum Gasteiger partial charge on any atom is 0.258 e. The number of aryl methyl sites for hydroxylation is 2. The fourth-order valence-electron chi connectivity index (χ4n) is 4.35. The van der Waals surface area contributed by atoms with Crippen molar-refractivity contribution in [3.63, 3.8) is 0 Å². The van der Waals surface area contributed by atoms with E-state index in [0.29, 0.717) is 10.7 Å². The van der Waals surface area contributed by atoms with Gasteiger partial charge >= 0.3 is 0 Å². The van der Waals surface area contributed by atoms with Crippen molar-refractivity contribution < 1.29 is 4.79 Å². The number of nitrogens with zero attached hydrogens (tertiary/aromatic N) is 1. The van der Waals surface area contributed by atoms with Crippen LogP contribution in [0.3, 0.4) is 0 Å². The molecule has 0 aliphatic heterocycles. The van der Waals surface area contributed by atoms with Gasteiger partial charge in [-0.3, -0.25) is 10.1 Å². The second-order valence-electron chi connectivity index (χ2n) is 7.22. The van der Waals surface area contributed by atoms with Gasteiger partial charge in [-0.05, 0) is 52.3 Å². The minimum Gasteiger partial charge on any atom is -0.298 e. The molecule has 1 aliphatic carbocycles. The Balaban J connectivity index is 1.45. The Bertz CT molecular complexity index is 1410. The standard InChI is InChI=1S/C24H16N2OS/c27-23(18-9-3-6-14-5-1-2-8-17(14)18)26-24-25-22-19-10-4-7-15-11-12-16(21(15)19)13-20(22)28-24/h1-10,13H,11-12H2,(H,25,26,27). The van der Waals surface area contributed by atoms with Crippen LogP contribution in [0.2, 0.25) is 0 Å². The van der Waals surface area contributed by atoms with E-state index < -0.39 is 0 Å². The molecule has 0 bridgehead atoms. The number of benzene rings is 4. The summed E-state index contributed by atoms with van der Waals surface area (Å²) in [6.45, 7) is 0. The van der Waals surface area contributed by atoms with Crippen molar-refractivity contribution in [2.75, 3.05) is 5.32 Å². The average molecular weight is 380 g/mol. The molecule has 3 nitrogen and oxygen atoms in total. The van der Waals surface area contributed by atoms with Crippen molar-refractivity contribution in [1.82, 2.24) is 4.98 Å². The number of anilines is 1. The molecule has 1 aliphatic rings. The Morgan fingerprint density at radius 3 is 2.64 bits per heavy atom. The van der Waals surface area contributed by atoms with E-state index in [1.807, 2.05) is 42.5 Å². The number of rotatable bonds is 2. The van der Waals surface area contributed by atoms with Crippen molar-refractivity contribution in [1.29, 1.82) is 0 Å². The van der Waals surface area contributed by atoms with E-state index in [1.54, 1.807) is 11.3 Å². The Morgan fingerprint density at radius 1 is 0.893 bits per heavy atom. The molecule has 0 atom stereocenters. The third kappa shape index (κ3) is 2.28. The monoisotopic (exact) mass is 380 g/mol. The zero-order valence-electron chi connectivity index (χ0n) is 15.0. The Kier molecular flexibility index (Phi) is 3.31. The number of amides is 1.